The normalized spacial score (nSPS) is 16.0. The van der Waals surface area contributed by atoms with Gasteiger partial charge in [-0.3, -0.25) is 9.59 Å². The molecule has 0 spiro atoms. The zero-order valence-corrected chi connectivity index (χ0v) is 19.0. The van der Waals surface area contributed by atoms with Gasteiger partial charge in [-0.2, -0.15) is 0 Å². The molecule has 1 atom stereocenters. The van der Waals surface area contributed by atoms with Crippen LogP contribution in [0.15, 0.2) is 56.1 Å². The molecule has 1 amide bonds. The topological polar surface area (TPSA) is 53.8 Å². The third kappa shape index (κ3) is 3.59. The van der Waals surface area contributed by atoms with Gasteiger partial charge in [0.1, 0.15) is 5.58 Å². The second-order valence-electron chi connectivity index (χ2n) is 7.65. The highest BCUT2D eigenvalue weighted by atomic mass is 79.9. The van der Waals surface area contributed by atoms with Crippen LogP contribution in [0.2, 0.25) is 0 Å². The van der Waals surface area contributed by atoms with E-state index in [1.165, 1.54) is 0 Å². The smallest absolute Gasteiger partial charge is 0.290 e. The number of halogens is 1. The molecule has 0 bridgehead atoms. The van der Waals surface area contributed by atoms with Crippen LogP contribution in [0.4, 0.5) is 0 Å². The number of benzene rings is 2. The number of hydrogen-bond donors (Lipinski definition) is 0. The molecule has 2 heterocycles. The summed E-state index contributed by atoms with van der Waals surface area (Å²) in [4.78, 5) is 30.9. The molecule has 6 heteroatoms. The molecule has 0 N–H and O–H groups in total. The van der Waals surface area contributed by atoms with Crippen molar-refractivity contribution in [2.24, 2.45) is 0 Å². The number of amides is 1. The van der Waals surface area contributed by atoms with Crippen LogP contribution in [0.1, 0.15) is 47.1 Å². The maximum atomic E-state index is 13.5. The molecule has 0 radical (unpaired) electrons. The molecule has 2 aromatic carbocycles. The van der Waals surface area contributed by atoms with E-state index in [1.54, 1.807) is 17.0 Å². The minimum Gasteiger partial charge on any atom is -0.450 e. The number of rotatable bonds is 6. The fourth-order valence-corrected chi connectivity index (χ4v) is 4.47. The van der Waals surface area contributed by atoms with Gasteiger partial charge >= 0.3 is 0 Å². The summed E-state index contributed by atoms with van der Waals surface area (Å²) in [5, 5.41) is 0.485. The number of aryl methyl sites for hydroxylation is 1. The fourth-order valence-electron chi connectivity index (χ4n) is 4.11. The molecular weight excluding hydrogens is 444 g/mol. The Morgan fingerprint density at radius 2 is 1.77 bits per heavy atom. The summed E-state index contributed by atoms with van der Waals surface area (Å²) in [6.07, 6.45) is 0. The van der Waals surface area contributed by atoms with Crippen molar-refractivity contribution in [1.29, 1.82) is 0 Å². The second kappa shape index (κ2) is 8.36. The van der Waals surface area contributed by atoms with E-state index < -0.39 is 6.04 Å². The third-order valence-electron chi connectivity index (χ3n) is 5.87. The molecule has 1 aromatic heterocycles. The highest BCUT2D eigenvalue weighted by molar-refractivity contribution is 9.10. The Balaban J connectivity index is 1.87. The SMILES string of the molecule is CCN(CC)CCN1C(=O)c2oc3ccc(Br)cc3c(=O)c2[C@H]1c1ccc(C)cc1. The molecular formula is C24H25BrN2O3. The minimum atomic E-state index is -0.441. The molecule has 0 fully saturated rings. The van der Waals surface area contributed by atoms with E-state index in [4.69, 9.17) is 4.42 Å². The molecule has 30 heavy (non-hydrogen) atoms. The van der Waals surface area contributed by atoms with Crippen LogP contribution in [0.5, 0.6) is 0 Å². The van der Waals surface area contributed by atoms with Gasteiger partial charge in [-0.15, -0.1) is 0 Å². The summed E-state index contributed by atoms with van der Waals surface area (Å²) < 4.78 is 6.79. The van der Waals surface area contributed by atoms with E-state index in [0.29, 0.717) is 23.1 Å². The lowest BCUT2D eigenvalue weighted by Gasteiger charge is -2.28. The first kappa shape index (κ1) is 20.8. The molecule has 1 aliphatic rings. The van der Waals surface area contributed by atoms with E-state index in [2.05, 4.69) is 34.7 Å². The van der Waals surface area contributed by atoms with Gasteiger partial charge in [0.15, 0.2) is 5.43 Å². The number of nitrogens with zero attached hydrogens (tertiary/aromatic N) is 2. The van der Waals surface area contributed by atoms with Crippen molar-refractivity contribution in [2.45, 2.75) is 26.8 Å². The van der Waals surface area contributed by atoms with Gasteiger partial charge in [0.05, 0.1) is 17.0 Å². The van der Waals surface area contributed by atoms with Gasteiger partial charge in [-0.25, -0.2) is 0 Å². The summed E-state index contributed by atoms with van der Waals surface area (Å²) >= 11 is 3.43. The first-order chi connectivity index (χ1) is 14.4. The standard InChI is InChI=1S/C24H25BrN2O3/c1-4-26(5-2)12-13-27-21(16-8-6-15(3)7-9-16)20-22(28)18-14-17(25)10-11-19(18)30-23(20)24(27)29/h6-11,14,21H,4-5,12-13H2,1-3H3/t21-/m1/s1. The highest BCUT2D eigenvalue weighted by Crippen LogP contribution is 2.38. The summed E-state index contributed by atoms with van der Waals surface area (Å²) in [5.74, 6) is -0.0513. The van der Waals surface area contributed by atoms with Crippen LogP contribution in [-0.4, -0.2) is 41.9 Å². The largest absolute Gasteiger partial charge is 0.450 e. The molecule has 0 aliphatic carbocycles. The van der Waals surface area contributed by atoms with Crippen LogP contribution in [0.3, 0.4) is 0 Å². The quantitative estimate of drug-likeness (QED) is 0.523. The maximum Gasteiger partial charge on any atom is 0.290 e. The predicted molar refractivity (Wildman–Crippen MR) is 122 cm³/mol. The Morgan fingerprint density at radius 1 is 1.07 bits per heavy atom. The second-order valence-corrected chi connectivity index (χ2v) is 8.57. The van der Waals surface area contributed by atoms with Crippen molar-refractivity contribution < 1.29 is 9.21 Å². The predicted octanol–water partition coefficient (Wildman–Crippen LogP) is 4.75. The first-order valence-corrected chi connectivity index (χ1v) is 11.1. The van der Waals surface area contributed by atoms with Gasteiger partial charge in [0.25, 0.3) is 5.91 Å². The molecule has 0 unspecified atom stereocenters. The van der Waals surface area contributed by atoms with E-state index in [9.17, 15) is 9.59 Å². The molecule has 156 valence electrons. The number of carbonyl (C=O) groups excluding carboxylic acids is 1. The van der Waals surface area contributed by atoms with E-state index in [1.807, 2.05) is 37.3 Å². The van der Waals surface area contributed by atoms with Crippen molar-refractivity contribution in [3.8, 4) is 0 Å². The molecule has 5 nitrogen and oxygen atoms in total. The van der Waals surface area contributed by atoms with Crippen molar-refractivity contribution >= 4 is 32.8 Å². The Kier molecular flexibility index (Phi) is 5.80. The molecule has 0 saturated carbocycles. The Morgan fingerprint density at radius 3 is 2.43 bits per heavy atom. The van der Waals surface area contributed by atoms with Gasteiger partial charge < -0.3 is 14.2 Å². The van der Waals surface area contributed by atoms with E-state index in [-0.39, 0.29) is 17.1 Å². The number of fused-ring (bicyclic) bond motifs is 2. The number of hydrogen-bond acceptors (Lipinski definition) is 4. The van der Waals surface area contributed by atoms with E-state index >= 15 is 0 Å². The van der Waals surface area contributed by atoms with Crippen LogP contribution >= 0.6 is 15.9 Å². The fraction of sp³-hybridized carbons (Fsp3) is 0.333. The summed E-state index contributed by atoms with van der Waals surface area (Å²) in [6.45, 7) is 9.34. The molecule has 1 aliphatic heterocycles. The average Bonchev–Trinajstić information content (AvgIpc) is 3.02. The lowest BCUT2D eigenvalue weighted by molar-refractivity contribution is 0.0708. The van der Waals surface area contributed by atoms with Gasteiger partial charge in [-0.1, -0.05) is 59.6 Å². The third-order valence-corrected chi connectivity index (χ3v) is 6.37. The van der Waals surface area contributed by atoms with E-state index in [0.717, 1.165) is 35.2 Å². The van der Waals surface area contributed by atoms with Gasteiger partial charge in [-0.05, 0) is 43.8 Å². The van der Waals surface area contributed by atoms with Crippen molar-refractivity contribution in [3.05, 3.63) is 79.6 Å². The van der Waals surface area contributed by atoms with Crippen molar-refractivity contribution in [2.75, 3.05) is 26.2 Å². The van der Waals surface area contributed by atoms with Gasteiger partial charge in [0, 0.05) is 17.6 Å². The average molecular weight is 469 g/mol. The van der Waals surface area contributed by atoms with Crippen LogP contribution in [-0.2, 0) is 0 Å². The van der Waals surface area contributed by atoms with Crippen LogP contribution in [0.25, 0.3) is 11.0 Å². The molecule has 0 saturated heterocycles. The zero-order chi connectivity index (χ0) is 21.4. The minimum absolute atomic E-state index is 0.142. The Bertz CT molecular complexity index is 1150. The number of carbonyl (C=O) groups is 1. The van der Waals surface area contributed by atoms with Crippen molar-refractivity contribution in [1.82, 2.24) is 9.80 Å². The van der Waals surface area contributed by atoms with Crippen LogP contribution < -0.4 is 5.43 Å². The summed E-state index contributed by atoms with van der Waals surface area (Å²) in [7, 11) is 0. The lowest BCUT2D eigenvalue weighted by atomic mass is 9.98. The Labute approximate surface area is 184 Å². The monoisotopic (exact) mass is 468 g/mol. The molecule has 4 rings (SSSR count). The summed E-state index contributed by atoms with van der Waals surface area (Å²) in [5.41, 5.74) is 2.79. The number of likely N-dealkylation sites (N-methyl/N-ethyl adjacent to an activating group) is 1. The van der Waals surface area contributed by atoms with Gasteiger partial charge in [0.2, 0.25) is 5.76 Å². The highest BCUT2D eigenvalue weighted by Gasteiger charge is 2.42. The zero-order valence-electron chi connectivity index (χ0n) is 17.4. The van der Waals surface area contributed by atoms with Crippen LogP contribution in [0, 0.1) is 6.92 Å². The molecule has 3 aromatic rings. The lowest BCUT2D eigenvalue weighted by Crippen LogP contribution is -2.37. The first-order valence-electron chi connectivity index (χ1n) is 10.3. The maximum absolute atomic E-state index is 13.5. The summed E-state index contributed by atoms with van der Waals surface area (Å²) in [6, 6.07) is 12.9. The van der Waals surface area contributed by atoms with Crippen molar-refractivity contribution in [3.63, 3.8) is 0 Å². The Hall–Kier alpha value is -2.44.